The van der Waals surface area contributed by atoms with Crippen molar-refractivity contribution in [3.63, 3.8) is 0 Å². The number of aromatic hydroxyl groups is 1. The molecule has 1 aromatic rings. The molecule has 1 amide bonds. The summed E-state index contributed by atoms with van der Waals surface area (Å²) in [5.41, 5.74) is -0.649. The third kappa shape index (κ3) is 2.56. The largest absolute Gasteiger partial charge is 0.508 e. The van der Waals surface area contributed by atoms with Crippen LogP contribution in [0.3, 0.4) is 0 Å². The van der Waals surface area contributed by atoms with E-state index in [1.165, 1.54) is 19.1 Å². The Balaban J connectivity index is 2.19. The van der Waals surface area contributed by atoms with Gasteiger partial charge in [-0.2, -0.15) is 0 Å². The number of carboxylic acids is 1. The van der Waals surface area contributed by atoms with Crippen molar-refractivity contribution in [2.75, 3.05) is 0 Å². The molecule has 0 bridgehead atoms. The molecule has 1 saturated heterocycles. The summed E-state index contributed by atoms with van der Waals surface area (Å²) < 4.78 is 0. The SMILES string of the molecule is CC1(CC(=O)O)NC(=N)N(Cc2cccc(O)c2)C1=O. The lowest BCUT2D eigenvalue weighted by Gasteiger charge is -2.19. The number of guanidine groups is 1. The van der Waals surface area contributed by atoms with E-state index in [4.69, 9.17) is 10.5 Å². The van der Waals surface area contributed by atoms with Gasteiger partial charge >= 0.3 is 5.97 Å². The first kappa shape index (κ1) is 13.9. The minimum absolute atomic E-state index is 0.0712. The Morgan fingerprint density at radius 1 is 1.50 bits per heavy atom. The summed E-state index contributed by atoms with van der Waals surface area (Å²) in [6, 6.07) is 6.35. The smallest absolute Gasteiger partial charge is 0.306 e. The summed E-state index contributed by atoms with van der Waals surface area (Å²) in [5.74, 6) is -1.64. The molecule has 7 heteroatoms. The van der Waals surface area contributed by atoms with Crippen molar-refractivity contribution in [3.05, 3.63) is 29.8 Å². The first-order valence-corrected chi connectivity index (χ1v) is 6.00. The van der Waals surface area contributed by atoms with Crippen LogP contribution in [0.4, 0.5) is 0 Å². The predicted octanol–water partition coefficient (Wildman–Crippen LogP) is 0.492. The maximum Gasteiger partial charge on any atom is 0.306 e. The second-order valence-corrected chi connectivity index (χ2v) is 4.94. The first-order valence-electron chi connectivity index (χ1n) is 6.00. The number of carbonyl (C=O) groups excluding carboxylic acids is 1. The highest BCUT2D eigenvalue weighted by atomic mass is 16.4. The van der Waals surface area contributed by atoms with Gasteiger partial charge in [0.25, 0.3) is 5.91 Å². The Bertz CT molecular complexity index is 587. The zero-order valence-corrected chi connectivity index (χ0v) is 10.9. The van der Waals surface area contributed by atoms with E-state index in [2.05, 4.69) is 5.32 Å². The lowest BCUT2D eigenvalue weighted by atomic mass is 9.98. The van der Waals surface area contributed by atoms with Gasteiger partial charge in [0.1, 0.15) is 11.3 Å². The van der Waals surface area contributed by atoms with Gasteiger partial charge in [-0.25, -0.2) is 0 Å². The van der Waals surface area contributed by atoms with E-state index in [0.717, 1.165) is 4.90 Å². The number of benzene rings is 1. The average Bonchev–Trinajstić information content (AvgIpc) is 2.52. The van der Waals surface area contributed by atoms with Crippen LogP contribution in [0.2, 0.25) is 0 Å². The topological polar surface area (TPSA) is 114 Å². The van der Waals surface area contributed by atoms with Gasteiger partial charge in [0.2, 0.25) is 0 Å². The number of amides is 1. The maximum absolute atomic E-state index is 12.3. The fraction of sp³-hybridized carbons (Fsp3) is 0.308. The van der Waals surface area contributed by atoms with Crippen molar-refractivity contribution < 1.29 is 19.8 Å². The summed E-state index contributed by atoms with van der Waals surface area (Å²) in [7, 11) is 0. The third-order valence-corrected chi connectivity index (χ3v) is 3.14. The van der Waals surface area contributed by atoms with Crippen molar-refractivity contribution in [1.82, 2.24) is 10.2 Å². The van der Waals surface area contributed by atoms with Crippen LogP contribution in [-0.4, -0.2) is 38.5 Å². The number of phenolic OH excluding ortho intramolecular Hbond substituents is 1. The maximum atomic E-state index is 12.3. The zero-order chi connectivity index (χ0) is 14.9. The number of nitrogens with zero attached hydrogens (tertiary/aromatic N) is 1. The Hall–Kier alpha value is -2.57. The van der Waals surface area contributed by atoms with Gasteiger partial charge in [-0.1, -0.05) is 12.1 Å². The minimum atomic E-state index is -1.31. The summed E-state index contributed by atoms with van der Waals surface area (Å²) in [4.78, 5) is 24.2. The van der Waals surface area contributed by atoms with Gasteiger partial charge in [0.05, 0.1) is 13.0 Å². The van der Waals surface area contributed by atoms with Crippen molar-refractivity contribution in [3.8, 4) is 5.75 Å². The van der Waals surface area contributed by atoms with Crippen LogP contribution >= 0.6 is 0 Å². The number of rotatable bonds is 4. The minimum Gasteiger partial charge on any atom is -0.508 e. The number of aliphatic carboxylic acids is 1. The highest BCUT2D eigenvalue weighted by Crippen LogP contribution is 2.23. The Kier molecular flexibility index (Phi) is 3.35. The number of phenols is 1. The molecule has 1 aromatic carbocycles. The van der Waals surface area contributed by atoms with Gasteiger partial charge < -0.3 is 15.5 Å². The molecule has 0 radical (unpaired) electrons. The fourth-order valence-electron chi connectivity index (χ4n) is 2.19. The quantitative estimate of drug-likeness (QED) is 0.639. The molecule has 0 aliphatic carbocycles. The van der Waals surface area contributed by atoms with Gasteiger partial charge in [-0.15, -0.1) is 0 Å². The lowest BCUT2D eigenvalue weighted by molar-refractivity contribution is -0.142. The van der Waals surface area contributed by atoms with Crippen LogP contribution in [0.25, 0.3) is 0 Å². The molecule has 4 N–H and O–H groups in total. The molecule has 20 heavy (non-hydrogen) atoms. The van der Waals surface area contributed by atoms with Crippen LogP contribution in [0.1, 0.15) is 18.9 Å². The second kappa shape index (κ2) is 4.84. The van der Waals surface area contributed by atoms with E-state index in [1.807, 2.05) is 0 Å². The first-order chi connectivity index (χ1) is 9.32. The second-order valence-electron chi connectivity index (χ2n) is 4.94. The molecule has 1 heterocycles. The fourth-order valence-corrected chi connectivity index (χ4v) is 2.19. The molecule has 1 aliphatic rings. The van der Waals surface area contributed by atoms with Crippen LogP contribution in [0, 0.1) is 5.41 Å². The number of nitrogens with one attached hydrogen (secondary N) is 2. The van der Waals surface area contributed by atoms with Crippen LogP contribution < -0.4 is 5.32 Å². The Labute approximate surface area is 115 Å². The van der Waals surface area contributed by atoms with Gasteiger partial charge in [0, 0.05) is 0 Å². The summed E-state index contributed by atoms with van der Waals surface area (Å²) in [5, 5.41) is 28.6. The summed E-state index contributed by atoms with van der Waals surface area (Å²) in [6.07, 6.45) is -0.398. The average molecular weight is 277 g/mol. The Morgan fingerprint density at radius 2 is 2.20 bits per heavy atom. The molecular weight excluding hydrogens is 262 g/mol. The predicted molar refractivity (Wildman–Crippen MR) is 70.2 cm³/mol. The van der Waals surface area contributed by atoms with Crippen molar-refractivity contribution in [2.24, 2.45) is 0 Å². The van der Waals surface area contributed by atoms with Gasteiger partial charge in [-0.05, 0) is 24.6 Å². The monoisotopic (exact) mass is 277 g/mol. The number of hydrogen-bond acceptors (Lipinski definition) is 4. The van der Waals surface area contributed by atoms with Gasteiger partial charge in [0.15, 0.2) is 5.96 Å². The van der Waals surface area contributed by atoms with Gasteiger partial charge in [-0.3, -0.25) is 19.9 Å². The van der Waals surface area contributed by atoms with Crippen LogP contribution in [0.5, 0.6) is 5.75 Å². The van der Waals surface area contributed by atoms with E-state index >= 15 is 0 Å². The van der Waals surface area contributed by atoms with Crippen LogP contribution in [-0.2, 0) is 16.1 Å². The van der Waals surface area contributed by atoms with E-state index in [1.54, 1.807) is 12.1 Å². The van der Waals surface area contributed by atoms with E-state index in [9.17, 15) is 14.7 Å². The van der Waals surface area contributed by atoms with E-state index in [0.29, 0.717) is 5.56 Å². The molecular formula is C13H15N3O4. The van der Waals surface area contributed by atoms with Crippen molar-refractivity contribution in [1.29, 1.82) is 5.41 Å². The third-order valence-electron chi connectivity index (χ3n) is 3.14. The summed E-state index contributed by atoms with van der Waals surface area (Å²) >= 11 is 0. The van der Waals surface area contributed by atoms with E-state index < -0.39 is 23.8 Å². The molecule has 106 valence electrons. The number of carboxylic acid groups (broad SMARTS) is 1. The van der Waals surface area contributed by atoms with Crippen molar-refractivity contribution in [2.45, 2.75) is 25.4 Å². The van der Waals surface area contributed by atoms with Crippen molar-refractivity contribution >= 4 is 17.8 Å². The molecule has 1 unspecified atom stereocenters. The highest BCUT2D eigenvalue weighted by molar-refractivity contribution is 6.08. The molecule has 7 nitrogen and oxygen atoms in total. The molecule has 0 saturated carbocycles. The zero-order valence-electron chi connectivity index (χ0n) is 10.9. The molecule has 1 fully saturated rings. The molecule has 2 rings (SSSR count). The Morgan fingerprint density at radius 3 is 2.80 bits per heavy atom. The standard InChI is InChI=1S/C13H15N3O4/c1-13(6-10(18)19)11(20)16(12(14)15-13)7-8-3-2-4-9(17)5-8/h2-5,17H,6-7H2,1H3,(H2,14,15)(H,18,19). The molecule has 0 spiro atoms. The molecule has 1 atom stereocenters. The highest BCUT2D eigenvalue weighted by Gasteiger charge is 2.47. The van der Waals surface area contributed by atoms with Crippen LogP contribution in [0.15, 0.2) is 24.3 Å². The number of carbonyl (C=O) groups is 2. The molecule has 0 aromatic heterocycles. The number of hydrogen-bond donors (Lipinski definition) is 4. The normalized spacial score (nSPS) is 21.9. The summed E-state index contributed by atoms with van der Waals surface area (Å²) in [6.45, 7) is 1.56. The van der Waals surface area contributed by atoms with E-state index in [-0.39, 0.29) is 18.3 Å². The lowest BCUT2D eigenvalue weighted by Crippen LogP contribution is -2.45. The molecule has 1 aliphatic heterocycles.